The number of fused-ring (bicyclic) bond motifs is 1. The van der Waals surface area contributed by atoms with Crippen LogP contribution in [0.15, 0.2) is 52.2 Å². The van der Waals surface area contributed by atoms with E-state index in [2.05, 4.69) is 5.09 Å². The molecular formula is C22H27FN3O10P. The Labute approximate surface area is 209 Å². The molecule has 13 nitrogen and oxygen atoms in total. The number of rotatable bonds is 9. The van der Waals surface area contributed by atoms with E-state index >= 15 is 4.39 Å². The minimum absolute atomic E-state index is 0.0267. The fourth-order valence-corrected chi connectivity index (χ4v) is 5.84. The number of carbonyl (C=O) groups excluding carboxylic acids is 1. The zero-order valence-corrected chi connectivity index (χ0v) is 21.2. The van der Waals surface area contributed by atoms with Crippen LogP contribution in [0.5, 0.6) is 5.75 Å². The minimum Gasteiger partial charge on any atom is -0.462 e. The lowest BCUT2D eigenvalue weighted by atomic mass is 9.95. The van der Waals surface area contributed by atoms with Crippen LogP contribution in [0.25, 0.3) is 0 Å². The number of ether oxygens (including phenoxy) is 2. The van der Waals surface area contributed by atoms with E-state index in [1.165, 1.54) is 19.1 Å². The van der Waals surface area contributed by atoms with Crippen molar-refractivity contribution >= 4 is 13.7 Å². The van der Waals surface area contributed by atoms with E-state index in [9.17, 15) is 29.2 Å². The highest BCUT2D eigenvalue weighted by Gasteiger charge is 2.95. The molecule has 37 heavy (non-hydrogen) atoms. The van der Waals surface area contributed by atoms with Gasteiger partial charge in [-0.2, -0.15) is 5.09 Å². The van der Waals surface area contributed by atoms with E-state index in [0.717, 1.165) is 19.2 Å². The van der Waals surface area contributed by atoms with E-state index in [1.54, 1.807) is 32.0 Å². The number of aromatic amines is 1. The summed E-state index contributed by atoms with van der Waals surface area (Å²) in [7, 11) is -4.65. The summed E-state index contributed by atoms with van der Waals surface area (Å²) in [6.45, 7) is 5.52. The predicted molar refractivity (Wildman–Crippen MR) is 124 cm³/mol. The summed E-state index contributed by atoms with van der Waals surface area (Å²) < 4.78 is 51.4. The largest absolute Gasteiger partial charge is 0.462 e. The van der Waals surface area contributed by atoms with E-state index in [1.807, 2.05) is 4.98 Å². The number of hydrogen-bond donors (Lipinski definition) is 4. The molecule has 0 bridgehead atoms. The number of aliphatic hydroxyl groups is 2. The van der Waals surface area contributed by atoms with Crippen molar-refractivity contribution < 1.29 is 42.5 Å². The van der Waals surface area contributed by atoms with Gasteiger partial charge in [0.1, 0.15) is 17.4 Å². The number of alkyl halides is 1. The van der Waals surface area contributed by atoms with Gasteiger partial charge in [-0.1, -0.05) is 18.2 Å². The third-order valence-electron chi connectivity index (χ3n) is 6.06. The molecule has 0 spiro atoms. The Morgan fingerprint density at radius 1 is 1.22 bits per heavy atom. The van der Waals surface area contributed by atoms with E-state index in [-0.39, 0.29) is 5.75 Å². The molecule has 4 rings (SSSR count). The average molecular weight is 543 g/mol. The zero-order valence-electron chi connectivity index (χ0n) is 20.3. The molecule has 2 aromatic rings. The van der Waals surface area contributed by atoms with Gasteiger partial charge in [-0.05, 0) is 39.8 Å². The number of aromatic nitrogens is 2. The lowest BCUT2D eigenvalue weighted by molar-refractivity contribution is -0.180. The smallest absolute Gasteiger partial charge is 0.460 e. The number of nitrogens with zero attached hydrogens (tertiary/aromatic N) is 1. The third-order valence-corrected chi connectivity index (χ3v) is 7.71. The normalized spacial score (nSPS) is 32.9. The molecule has 7 atom stereocenters. The summed E-state index contributed by atoms with van der Waals surface area (Å²) in [4.78, 5) is 37.8. The Hall–Kier alpha value is -2.87. The molecule has 202 valence electrons. The van der Waals surface area contributed by atoms with Crippen LogP contribution in [0, 0.1) is 0 Å². The second-order valence-corrected chi connectivity index (χ2v) is 10.9. The van der Waals surface area contributed by atoms with Crippen molar-refractivity contribution in [2.45, 2.75) is 69.2 Å². The highest BCUT2D eigenvalue weighted by molar-refractivity contribution is 7.52. The number of esters is 1. The fourth-order valence-electron chi connectivity index (χ4n) is 4.14. The molecule has 2 heterocycles. The highest BCUT2D eigenvalue weighted by Crippen LogP contribution is 2.71. The number of hydrogen-bond acceptors (Lipinski definition) is 10. The van der Waals surface area contributed by atoms with Crippen LogP contribution in [0.2, 0.25) is 0 Å². The van der Waals surface area contributed by atoms with Crippen molar-refractivity contribution in [3.05, 3.63) is 63.4 Å². The Balaban J connectivity index is 1.62. The first kappa shape index (κ1) is 27.2. The molecule has 0 radical (unpaired) electrons. The van der Waals surface area contributed by atoms with Crippen LogP contribution in [0.3, 0.4) is 0 Å². The molecule has 15 heteroatoms. The van der Waals surface area contributed by atoms with Crippen molar-refractivity contribution in [2.24, 2.45) is 0 Å². The summed E-state index contributed by atoms with van der Waals surface area (Å²) >= 11 is 0. The topological polar surface area (TPSA) is 178 Å². The summed E-state index contributed by atoms with van der Waals surface area (Å²) in [5.41, 5.74) is -7.11. The maximum Gasteiger partial charge on any atom is 0.460 e. The Bertz CT molecular complexity index is 1350. The van der Waals surface area contributed by atoms with Crippen LogP contribution in [-0.2, 0) is 23.4 Å². The second kappa shape index (κ2) is 9.15. The summed E-state index contributed by atoms with van der Waals surface area (Å²) in [5.74, 6) is -3.92. The zero-order chi connectivity index (χ0) is 27.4. The number of benzene rings is 1. The van der Waals surface area contributed by atoms with Crippen molar-refractivity contribution in [2.75, 3.05) is 0 Å². The van der Waals surface area contributed by atoms with Gasteiger partial charge < -0.3 is 24.2 Å². The van der Waals surface area contributed by atoms with Gasteiger partial charge in [0.2, 0.25) is 0 Å². The lowest BCUT2D eigenvalue weighted by Crippen LogP contribution is -2.51. The molecule has 2 aliphatic rings. The van der Waals surface area contributed by atoms with Crippen LogP contribution in [0.4, 0.5) is 4.39 Å². The standard InChI is InChI=1S/C22H27FN3O10P/c1-12(2)33-16(28)13(3)25-37(32,35-14-8-6-5-7-9-14)36-17-21(31)20(4,30)18(34-22(17,21)23)26-11-10-15(27)24-19(26)29/h5-13,17-18,30-31H,1-4H3,(H,25,32)(H,24,27,29)/t13-,17?,18+,20-,21-,22+,37?/m0/s1. The fraction of sp³-hybridized carbons (Fsp3) is 0.500. The quantitative estimate of drug-likeness (QED) is 0.259. The molecular weight excluding hydrogens is 516 g/mol. The van der Waals surface area contributed by atoms with Gasteiger partial charge in [0.05, 0.1) is 6.10 Å². The molecule has 4 N–H and O–H groups in total. The SMILES string of the molecule is CC(C)OC(=O)[C@H](C)NP(=O)(Oc1ccccc1)OC1[C@]2(O)[C@@](C)(O)[C@H](n3ccc(=O)[nH]c3=O)O[C@]12F. The number of halogens is 1. The molecule has 1 aliphatic carbocycles. The molecule has 2 fully saturated rings. The van der Waals surface area contributed by atoms with Crippen molar-refractivity contribution in [1.82, 2.24) is 14.6 Å². The monoisotopic (exact) mass is 543 g/mol. The van der Waals surface area contributed by atoms with Crippen molar-refractivity contribution in [1.29, 1.82) is 0 Å². The molecule has 1 aromatic carbocycles. The molecule has 2 unspecified atom stereocenters. The summed E-state index contributed by atoms with van der Waals surface area (Å²) in [5, 5.41) is 24.6. The van der Waals surface area contributed by atoms with Crippen molar-refractivity contribution in [3.63, 3.8) is 0 Å². The van der Waals surface area contributed by atoms with E-state index in [0.29, 0.717) is 4.57 Å². The number of nitrogens with one attached hydrogen (secondary N) is 2. The number of para-hydroxylation sites is 1. The second-order valence-electron chi connectivity index (χ2n) is 9.27. The summed E-state index contributed by atoms with van der Waals surface area (Å²) in [6.07, 6.45) is -3.38. The molecule has 1 aromatic heterocycles. The maximum atomic E-state index is 15.9. The highest BCUT2D eigenvalue weighted by atomic mass is 31.2. The average Bonchev–Trinajstić information content (AvgIpc) is 3.19. The summed E-state index contributed by atoms with van der Waals surface area (Å²) in [6, 6.07) is 7.32. The van der Waals surface area contributed by atoms with Gasteiger partial charge in [0.25, 0.3) is 11.4 Å². The first-order valence-corrected chi connectivity index (χ1v) is 12.8. The minimum atomic E-state index is -4.65. The maximum absolute atomic E-state index is 15.9. The first-order valence-electron chi connectivity index (χ1n) is 11.3. The molecule has 1 saturated heterocycles. The third kappa shape index (κ3) is 4.54. The Morgan fingerprint density at radius 2 is 1.86 bits per heavy atom. The van der Waals surface area contributed by atoms with Crippen LogP contribution < -0.4 is 20.9 Å². The number of H-pyrrole nitrogens is 1. The van der Waals surface area contributed by atoms with Crippen LogP contribution >= 0.6 is 7.75 Å². The molecule has 1 aliphatic heterocycles. The Morgan fingerprint density at radius 3 is 2.41 bits per heavy atom. The van der Waals surface area contributed by atoms with E-state index < -0.39 is 66.5 Å². The lowest BCUT2D eigenvalue weighted by Gasteiger charge is -2.33. The molecule has 1 saturated carbocycles. The first-order chi connectivity index (χ1) is 17.1. The van der Waals surface area contributed by atoms with E-state index in [4.69, 9.17) is 18.5 Å². The van der Waals surface area contributed by atoms with Gasteiger partial charge in [0, 0.05) is 12.3 Å². The van der Waals surface area contributed by atoms with Gasteiger partial charge in [-0.15, -0.1) is 0 Å². The van der Waals surface area contributed by atoms with Crippen molar-refractivity contribution in [3.8, 4) is 5.75 Å². The van der Waals surface area contributed by atoms with Gasteiger partial charge in [-0.3, -0.25) is 23.7 Å². The molecule has 0 amide bonds. The predicted octanol–water partition coefficient (Wildman–Crippen LogP) is 0.729. The van der Waals surface area contributed by atoms with Gasteiger partial charge >= 0.3 is 19.4 Å². The number of carbonyl (C=O) groups is 1. The van der Waals surface area contributed by atoms with Gasteiger partial charge in [0.15, 0.2) is 17.9 Å². The Kier molecular flexibility index (Phi) is 6.72. The van der Waals surface area contributed by atoms with Crippen LogP contribution in [0.1, 0.15) is 33.9 Å². The van der Waals surface area contributed by atoms with Gasteiger partial charge in [-0.25, -0.2) is 13.8 Å². The van der Waals surface area contributed by atoms with Crippen LogP contribution in [-0.4, -0.2) is 61.0 Å².